The molecule has 0 amide bonds. The highest BCUT2D eigenvalue weighted by atomic mass is 16.5. The predicted octanol–water partition coefficient (Wildman–Crippen LogP) is 1.71. The Kier molecular flexibility index (Phi) is 3.99. The van der Waals surface area contributed by atoms with E-state index in [-0.39, 0.29) is 11.1 Å². The summed E-state index contributed by atoms with van der Waals surface area (Å²) < 4.78 is 5.35. The Bertz CT molecular complexity index is 470. The summed E-state index contributed by atoms with van der Waals surface area (Å²) in [6, 6.07) is 1.46. The number of rotatable bonds is 4. The highest BCUT2D eigenvalue weighted by Crippen LogP contribution is 2.29. The highest BCUT2D eigenvalue weighted by Gasteiger charge is 2.27. The summed E-state index contributed by atoms with van der Waals surface area (Å²) in [5, 5.41) is 12.1. The average molecular weight is 265 g/mol. The van der Waals surface area contributed by atoms with Crippen molar-refractivity contribution in [1.82, 2.24) is 9.97 Å². The number of hydrogen-bond donors (Lipinski definition) is 2. The molecule has 1 aromatic heterocycles. The van der Waals surface area contributed by atoms with Gasteiger partial charge in [-0.05, 0) is 31.2 Å². The second-order valence-corrected chi connectivity index (χ2v) is 5.30. The van der Waals surface area contributed by atoms with E-state index in [2.05, 4.69) is 22.2 Å². The third-order valence-electron chi connectivity index (χ3n) is 3.45. The number of carboxylic acids is 1. The third-order valence-corrected chi connectivity index (χ3v) is 3.45. The summed E-state index contributed by atoms with van der Waals surface area (Å²) in [7, 11) is 0. The van der Waals surface area contributed by atoms with E-state index in [0.29, 0.717) is 11.6 Å². The Morgan fingerprint density at radius 2 is 2.16 bits per heavy atom. The maximum atomic E-state index is 10.9. The molecule has 1 aliphatic heterocycles. The Morgan fingerprint density at radius 3 is 2.79 bits per heavy atom. The topological polar surface area (TPSA) is 84.3 Å². The number of hydrogen-bond acceptors (Lipinski definition) is 5. The van der Waals surface area contributed by atoms with E-state index in [9.17, 15) is 4.79 Å². The maximum Gasteiger partial charge on any atom is 0.354 e. The quantitative estimate of drug-likeness (QED) is 0.862. The first-order valence-corrected chi connectivity index (χ1v) is 6.39. The van der Waals surface area contributed by atoms with Crippen molar-refractivity contribution in [3.05, 3.63) is 17.5 Å². The minimum Gasteiger partial charge on any atom is -0.477 e. The maximum absolute atomic E-state index is 10.9. The molecule has 1 aliphatic rings. The van der Waals surface area contributed by atoms with Gasteiger partial charge in [-0.3, -0.25) is 0 Å². The van der Waals surface area contributed by atoms with Gasteiger partial charge in [0.2, 0.25) is 5.95 Å². The number of anilines is 1. The molecule has 1 saturated heterocycles. The molecule has 0 radical (unpaired) electrons. The van der Waals surface area contributed by atoms with Gasteiger partial charge in [0.25, 0.3) is 0 Å². The Morgan fingerprint density at radius 1 is 1.47 bits per heavy atom. The standard InChI is InChI=1S/C13H19N3O3/c1-9-7-10(11(17)18)16-12(15-9)14-8-13(2)3-5-19-6-4-13/h7H,3-6,8H2,1-2H3,(H,17,18)(H,14,15,16). The predicted molar refractivity (Wildman–Crippen MR) is 70.4 cm³/mol. The van der Waals surface area contributed by atoms with Gasteiger partial charge in [-0.15, -0.1) is 0 Å². The average Bonchev–Trinajstić information content (AvgIpc) is 2.37. The van der Waals surface area contributed by atoms with Gasteiger partial charge in [0.1, 0.15) is 0 Å². The number of aryl methyl sites for hydroxylation is 1. The molecule has 104 valence electrons. The van der Waals surface area contributed by atoms with Gasteiger partial charge in [-0.25, -0.2) is 14.8 Å². The van der Waals surface area contributed by atoms with Crippen molar-refractivity contribution in [2.24, 2.45) is 5.41 Å². The first-order valence-electron chi connectivity index (χ1n) is 6.39. The van der Waals surface area contributed by atoms with Crippen molar-refractivity contribution >= 4 is 11.9 Å². The Balaban J connectivity index is 2.04. The van der Waals surface area contributed by atoms with Crippen molar-refractivity contribution in [3.63, 3.8) is 0 Å². The molecule has 0 saturated carbocycles. The lowest BCUT2D eigenvalue weighted by Crippen LogP contribution is -2.33. The second-order valence-electron chi connectivity index (χ2n) is 5.30. The fraction of sp³-hybridized carbons (Fsp3) is 0.615. The normalized spacial score (nSPS) is 18.0. The molecule has 0 bridgehead atoms. The molecule has 1 aromatic rings. The van der Waals surface area contributed by atoms with Crippen molar-refractivity contribution in [1.29, 1.82) is 0 Å². The number of carbonyl (C=O) groups is 1. The number of nitrogens with zero attached hydrogens (tertiary/aromatic N) is 2. The SMILES string of the molecule is Cc1cc(C(=O)O)nc(NCC2(C)CCOCC2)n1. The summed E-state index contributed by atoms with van der Waals surface area (Å²) in [4.78, 5) is 19.2. The summed E-state index contributed by atoms with van der Waals surface area (Å²) in [5.74, 6) is -0.657. The number of ether oxygens (including phenoxy) is 1. The van der Waals surface area contributed by atoms with E-state index in [1.54, 1.807) is 6.92 Å². The van der Waals surface area contributed by atoms with Crippen molar-refractivity contribution < 1.29 is 14.6 Å². The fourth-order valence-corrected chi connectivity index (χ4v) is 2.09. The minimum atomic E-state index is -1.04. The van der Waals surface area contributed by atoms with Crippen LogP contribution in [-0.2, 0) is 4.74 Å². The zero-order valence-electron chi connectivity index (χ0n) is 11.3. The zero-order valence-corrected chi connectivity index (χ0v) is 11.3. The van der Waals surface area contributed by atoms with Crippen LogP contribution in [0.2, 0.25) is 0 Å². The van der Waals surface area contributed by atoms with Crippen LogP contribution in [-0.4, -0.2) is 40.8 Å². The number of nitrogens with one attached hydrogen (secondary N) is 1. The van der Waals surface area contributed by atoms with E-state index < -0.39 is 5.97 Å². The smallest absolute Gasteiger partial charge is 0.354 e. The summed E-state index contributed by atoms with van der Waals surface area (Å²) >= 11 is 0. The molecule has 2 heterocycles. The van der Waals surface area contributed by atoms with E-state index in [1.807, 2.05) is 0 Å². The molecule has 2 N–H and O–H groups in total. The van der Waals surface area contributed by atoms with Gasteiger partial charge in [-0.2, -0.15) is 0 Å². The second kappa shape index (κ2) is 5.52. The molecular weight excluding hydrogens is 246 g/mol. The Labute approximate surface area is 112 Å². The summed E-state index contributed by atoms with van der Waals surface area (Å²) in [6.45, 7) is 6.21. The van der Waals surface area contributed by atoms with Gasteiger partial charge in [0, 0.05) is 25.5 Å². The molecule has 0 spiro atoms. The number of aromatic carboxylic acids is 1. The molecule has 0 unspecified atom stereocenters. The molecule has 1 fully saturated rings. The van der Waals surface area contributed by atoms with E-state index in [4.69, 9.17) is 9.84 Å². The van der Waals surface area contributed by atoms with Crippen LogP contribution >= 0.6 is 0 Å². The van der Waals surface area contributed by atoms with Crippen LogP contribution in [0.25, 0.3) is 0 Å². The lowest BCUT2D eigenvalue weighted by Gasteiger charge is -2.33. The summed E-state index contributed by atoms with van der Waals surface area (Å²) in [5.41, 5.74) is 0.813. The van der Waals surface area contributed by atoms with Crippen LogP contribution in [0.3, 0.4) is 0 Å². The van der Waals surface area contributed by atoms with E-state index in [1.165, 1.54) is 6.07 Å². The summed E-state index contributed by atoms with van der Waals surface area (Å²) in [6.07, 6.45) is 1.97. The van der Waals surface area contributed by atoms with Gasteiger partial charge < -0.3 is 15.2 Å². The van der Waals surface area contributed by atoms with Crippen LogP contribution in [0.4, 0.5) is 5.95 Å². The van der Waals surface area contributed by atoms with Crippen molar-refractivity contribution in [2.75, 3.05) is 25.1 Å². The highest BCUT2D eigenvalue weighted by molar-refractivity contribution is 5.85. The van der Waals surface area contributed by atoms with E-state index >= 15 is 0 Å². The van der Waals surface area contributed by atoms with E-state index in [0.717, 1.165) is 32.6 Å². The molecule has 2 rings (SSSR count). The fourth-order valence-electron chi connectivity index (χ4n) is 2.09. The van der Waals surface area contributed by atoms with Crippen molar-refractivity contribution in [2.45, 2.75) is 26.7 Å². The van der Waals surface area contributed by atoms with Crippen LogP contribution in [0.15, 0.2) is 6.07 Å². The van der Waals surface area contributed by atoms with Gasteiger partial charge >= 0.3 is 5.97 Å². The molecule has 0 atom stereocenters. The van der Waals surface area contributed by atoms with Crippen LogP contribution in [0, 0.1) is 12.3 Å². The molecule has 0 aliphatic carbocycles. The first kappa shape index (κ1) is 13.7. The van der Waals surface area contributed by atoms with Crippen molar-refractivity contribution in [3.8, 4) is 0 Å². The number of aromatic nitrogens is 2. The van der Waals surface area contributed by atoms with Gasteiger partial charge in [0.05, 0.1) is 0 Å². The molecule has 6 nitrogen and oxygen atoms in total. The minimum absolute atomic E-state index is 0.0205. The van der Waals surface area contributed by atoms with Gasteiger partial charge in [0.15, 0.2) is 5.69 Å². The molecule has 6 heteroatoms. The van der Waals surface area contributed by atoms with Crippen LogP contribution in [0.1, 0.15) is 35.9 Å². The largest absolute Gasteiger partial charge is 0.477 e. The molecule has 19 heavy (non-hydrogen) atoms. The van der Waals surface area contributed by atoms with Crippen LogP contribution in [0.5, 0.6) is 0 Å². The third kappa shape index (κ3) is 3.64. The first-order chi connectivity index (χ1) is 8.98. The Hall–Kier alpha value is -1.69. The monoisotopic (exact) mass is 265 g/mol. The lowest BCUT2D eigenvalue weighted by atomic mass is 9.82. The molecule has 0 aromatic carbocycles. The lowest BCUT2D eigenvalue weighted by molar-refractivity contribution is 0.0299. The van der Waals surface area contributed by atoms with Crippen LogP contribution < -0.4 is 5.32 Å². The molecular formula is C13H19N3O3. The van der Waals surface area contributed by atoms with Gasteiger partial charge in [-0.1, -0.05) is 6.92 Å². The number of carboxylic acid groups (broad SMARTS) is 1. The zero-order chi connectivity index (χ0) is 13.9.